The largest absolute Gasteiger partial charge is 0.497 e. The first-order valence-corrected chi connectivity index (χ1v) is 10.8. The van der Waals surface area contributed by atoms with Gasteiger partial charge in [-0.05, 0) is 46.0 Å². The summed E-state index contributed by atoms with van der Waals surface area (Å²) in [6.07, 6.45) is 6.25. The second kappa shape index (κ2) is 6.86. The predicted octanol–water partition coefficient (Wildman–Crippen LogP) is 5.15. The van der Waals surface area contributed by atoms with Crippen LogP contribution in [0.15, 0.2) is 78.9 Å². The number of ether oxygens (including phenoxy) is 2. The van der Waals surface area contributed by atoms with Crippen LogP contribution in [-0.4, -0.2) is 25.0 Å². The number of hydrogen-bond acceptors (Lipinski definition) is 3. The molecule has 0 fully saturated rings. The first-order chi connectivity index (χ1) is 15.7. The first kappa shape index (κ1) is 18.9. The van der Waals surface area contributed by atoms with Crippen molar-refractivity contribution in [2.24, 2.45) is 0 Å². The fourth-order valence-electron chi connectivity index (χ4n) is 5.75. The SMILES string of the molecule is COc1ccc2c(c1)CN1C(=O)C=C(c3ccccc3OC)[C@]13c1ccccc1C=C[C@H]23. The fourth-order valence-corrected chi connectivity index (χ4v) is 5.75. The molecule has 158 valence electrons. The van der Waals surface area contributed by atoms with E-state index < -0.39 is 5.54 Å². The topological polar surface area (TPSA) is 38.8 Å². The van der Waals surface area contributed by atoms with Gasteiger partial charge in [-0.1, -0.05) is 60.7 Å². The molecular formula is C28H23NO3. The van der Waals surface area contributed by atoms with Gasteiger partial charge < -0.3 is 14.4 Å². The molecule has 2 heterocycles. The van der Waals surface area contributed by atoms with E-state index in [1.165, 1.54) is 5.56 Å². The third-order valence-corrected chi connectivity index (χ3v) is 7.07. The highest BCUT2D eigenvalue weighted by Crippen LogP contribution is 2.61. The third kappa shape index (κ3) is 2.35. The van der Waals surface area contributed by atoms with Crippen LogP contribution < -0.4 is 9.47 Å². The lowest BCUT2D eigenvalue weighted by Gasteiger charge is -2.52. The molecule has 0 bridgehead atoms. The highest BCUT2D eigenvalue weighted by molar-refractivity contribution is 6.06. The molecule has 0 unspecified atom stereocenters. The average Bonchev–Trinajstić information content (AvgIpc) is 3.14. The standard InChI is InChI=1S/C28H23NO3/c1-31-20-12-13-21-19(15-20)17-29-27(30)16-25(22-8-4-6-10-26(22)32-2)28(29)23-9-5-3-7-18(23)11-14-24(21)28/h3-16,24H,17H2,1-2H3/t24-,28-/m1/s1. The number of benzene rings is 3. The molecule has 3 aromatic rings. The molecule has 0 aromatic heterocycles. The van der Waals surface area contributed by atoms with Gasteiger partial charge in [-0.25, -0.2) is 0 Å². The van der Waals surface area contributed by atoms with Gasteiger partial charge in [-0.3, -0.25) is 4.79 Å². The van der Waals surface area contributed by atoms with Crippen LogP contribution in [0.5, 0.6) is 11.5 Å². The Morgan fingerprint density at radius 1 is 0.969 bits per heavy atom. The zero-order valence-electron chi connectivity index (χ0n) is 18.0. The number of carbonyl (C=O) groups is 1. The molecule has 0 N–H and O–H groups in total. The van der Waals surface area contributed by atoms with E-state index in [0.29, 0.717) is 6.54 Å². The van der Waals surface area contributed by atoms with Gasteiger partial charge >= 0.3 is 0 Å². The first-order valence-electron chi connectivity index (χ1n) is 10.8. The molecule has 0 radical (unpaired) electrons. The normalized spacial score (nSPS) is 22.4. The molecule has 4 nitrogen and oxygen atoms in total. The Hall–Kier alpha value is -3.79. The van der Waals surface area contributed by atoms with Crippen molar-refractivity contribution in [2.45, 2.75) is 18.0 Å². The Bertz CT molecular complexity index is 1320. The molecule has 3 aliphatic rings. The molecule has 0 saturated heterocycles. The number of fused-ring (bicyclic) bond motifs is 3. The lowest BCUT2D eigenvalue weighted by molar-refractivity contribution is -0.130. The molecule has 4 heteroatoms. The molecule has 6 rings (SSSR count). The van der Waals surface area contributed by atoms with Gasteiger partial charge in [0.25, 0.3) is 0 Å². The van der Waals surface area contributed by atoms with E-state index in [1.807, 2.05) is 35.2 Å². The second-order valence-corrected chi connectivity index (χ2v) is 8.44. The van der Waals surface area contributed by atoms with Crippen molar-refractivity contribution in [3.63, 3.8) is 0 Å². The molecule has 2 atom stereocenters. The van der Waals surface area contributed by atoms with Crippen molar-refractivity contribution in [3.05, 3.63) is 107 Å². The molecule has 2 aliphatic heterocycles. The van der Waals surface area contributed by atoms with E-state index in [-0.39, 0.29) is 11.8 Å². The van der Waals surface area contributed by atoms with E-state index in [2.05, 4.69) is 54.6 Å². The minimum Gasteiger partial charge on any atom is -0.497 e. The predicted molar refractivity (Wildman–Crippen MR) is 124 cm³/mol. The van der Waals surface area contributed by atoms with E-state index in [9.17, 15) is 4.79 Å². The van der Waals surface area contributed by atoms with Gasteiger partial charge in [0.2, 0.25) is 5.91 Å². The van der Waals surface area contributed by atoms with Crippen molar-refractivity contribution in [2.75, 3.05) is 14.2 Å². The highest BCUT2D eigenvalue weighted by atomic mass is 16.5. The second-order valence-electron chi connectivity index (χ2n) is 8.44. The van der Waals surface area contributed by atoms with Crippen LogP contribution in [0.4, 0.5) is 0 Å². The summed E-state index contributed by atoms with van der Waals surface area (Å²) >= 11 is 0. The number of amides is 1. The fraction of sp³-hybridized carbons (Fsp3) is 0.179. The Balaban J connectivity index is 1.68. The molecule has 32 heavy (non-hydrogen) atoms. The van der Waals surface area contributed by atoms with Crippen molar-refractivity contribution >= 4 is 17.6 Å². The Labute approximate surface area is 187 Å². The lowest BCUT2D eigenvalue weighted by Crippen LogP contribution is -2.53. The number of nitrogens with zero attached hydrogens (tertiary/aromatic N) is 1. The molecule has 0 saturated carbocycles. The van der Waals surface area contributed by atoms with Crippen LogP contribution >= 0.6 is 0 Å². The van der Waals surface area contributed by atoms with Crippen LogP contribution in [0, 0.1) is 0 Å². The van der Waals surface area contributed by atoms with E-state index in [1.54, 1.807) is 14.2 Å². The summed E-state index contributed by atoms with van der Waals surface area (Å²) in [6.45, 7) is 0.527. The summed E-state index contributed by atoms with van der Waals surface area (Å²) in [4.78, 5) is 15.6. The highest BCUT2D eigenvalue weighted by Gasteiger charge is 2.58. The summed E-state index contributed by atoms with van der Waals surface area (Å²) in [5, 5.41) is 0. The van der Waals surface area contributed by atoms with Crippen LogP contribution in [0.3, 0.4) is 0 Å². The summed E-state index contributed by atoms with van der Waals surface area (Å²) in [5.74, 6) is 1.58. The molecular weight excluding hydrogens is 398 g/mol. The Morgan fingerprint density at radius 3 is 2.62 bits per heavy atom. The van der Waals surface area contributed by atoms with Crippen molar-refractivity contribution in [1.82, 2.24) is 4.90 Å². The van der Waals surface area contributed by atoms with Gasteiger partial charge in [-0.2, -0.15) is 0 Å². The molecule has 3 aromatic carbocycles. The smallest absolute Gasteiger partial charge is 0.248 e. The van der Waals surface area contributed by atoms with Crippen molar-refractivity contribution in [3.8, 4) is 11.5 Å². The summed E-state index contributed by atoms with van der Waals surface area (Å²) in [7, 11) is 3.36. The summed E-state index contributed by atoms with van der Waals surface area (Å²) < 4.78 is 11.2. The van der Waals surface area contributed by atoms with Crippen molar-refractivity contribution < 1.29 is 14.3 Å². The van der Waals surface area contributed by atoms with Gasteiger partial charge in [0.1, 0.15) is 17.0 Å². The third-order valence-electron chi connectivity index (χ3n) is 7.07. The van der Waals surface area contributed by atoms with E-state index >= 15 is 0 Å². The molecule has 1 amide bonds. The van der Waals surface area contributed by atoms with Gasteiger partial charge in [0.15, 0.2) is 0 Å². The monoisotopic (exact) mass is 421 g/mol. The van der Waals surface area contributed by atoms with Gasteiger partial charge in [0, 0.05) is 24.1 Å². The molecule has 1 aliphatic carbocycles. The van der Waals surface area contributed by atoms with Crippen molar-refractivity contribution in [1.29, 1.82) is 0 Å². The lowest BCUT2D eigenvalue weighted by atomic mass is 9.62. The maximum Gasteiger partial charge on any atom is 0.248 e. The number of hydrogen-bond donors (Lipinski definition) is 0. The zero-order chi connectivity index (χ0) is 21.9. The maximum absolute atomic E-state index is 13.6. The minimum absolute atomic E-state index is 0.0188. The maximum atomic E-state index is 13.6. The zero-order valence-corrected chi connectivity index (χ0v) is 18.0. The van der Waals surface area contributed by atoms with Crippen LogP contribution in [0.1, 0.15) is 33.7 Å². The number of para-hydroxylation sites is 1. The van der Waals surface area contributed by atoms with Gasteiger partial charge in [0.05, 0.1) is 14.2 Å². The average molecular weight is 421 g/mol. The van der Waals surface area contributed by atoms with Crippen LogP contribution in [0.25, 0.3) is 11.6 Å². The quantitative estimate of drug-likeness (QED) is 0.587. The number of carbonyl (C=O) groups excluding carboxylic acids is 1. The summed E-state index contributed by atoms with van der Waals surface area (Å²) in [5.41, 5.74) is 5.96. The van der Waals surface area contributed by atoms with E-state index in [0.717, 1.165) is 39.3 Å². The minimum atomic E-state index is -0.626. The van der Waals surface area contributed by atoms with Gasteiger partial charge in [-0.15, -0.1) is 0 Å². The van der Waals surface area contributed by atoms with E-state index in [4.69, 9.17) is 9.47 Å². The Kier molecular flexibility index (Phi) is 4.06. The number of methoxy groups -OCH3 is 2. The van der Waals surface area contributed by atoms with Crippen LogP contribution in [-0.2, 0) is 16.9 Å². The van der Waals surface area contributed by atoms with Crippen LogP contribution in [0.2, 0.25) is 0 Å². The molecule has 1 spiro atoms. The Morgan fingerprint density at radius 2 is 1.78 bits per heavy atom. The summed E-state index contributed by atoms with van der Waals surface area (Å²) in [6, 6.07) is 22.6. The number of rotatable bonds is 3.